The molecule has 0 aromatic rings. The Morgan fingerprint density at radius 1 is 0.643 bits per heavy atom. The van der Waals surface area contributed by atoms with E-state index in [0.29, 0.717) is 64.7 Å². The standard InChI is InChI=1S/C21H42NO6/c1-16(2)18-20(27-14-12-25-10-8-23-6)21(19(17(3)4)22(18)5)28-15-13-26-11-9-24-7/h16-21H,5,8-15H2,1-4,6-7H3/q-1/t18-,19-,20+,21+/m1/s1. The van der Waals surface area contributed by atoms with Crippen molar-refractivity contribution in [2.24, 2.45) is 11.8 Å². The van der Waals surface area contributed by atoms with Crippen LogP contribution in [0.3, 0.4) is 0 Å². The van der Waals surface area contributed by atoms with Gasteiger partial charge in [-0.3, -0.25) is 7.05 Å². The van der Waals surface area contributed by atoms with Crippen molar-refractivity contribution in [3.63, 3.8) is 0 Å². The maximum Gasteiger partial charge on any atom is 0.0985 e. The lowest BCUT2D eigenvalue weighted by Gasteiger charge is -2.38. The first kappa shape index (κ1) is 25.8. The molecular formula is C21H42NO6-. The lowest BCUT2D eigenvalue weighted by Crippen LogP contribution is -2.41. The van der Waals surface area contributed by atoms with Crippen molar-refractivity contribution in [1.82, 2.24) is 4.90 Å². The summed E-state index contributed by atoms with van der Waals surface area (Å²) in [5.74, 6) is 0.814. The highest BCUT2D eigenvalue weighted by atomic mass is 16.6. The molecule has 1 fully saturated rings. The number of ether oxygens (including phenoxy) is 6. The number of nitrogens with zero attached hydrogens (tertiary/aromatic N) is 1. The topological polar surface area (TPSA) is 58.6 Å². The van der Waals surface area contributed by atoms with Crippen molar-refractivity contribution < 1.29 is 28.4 Å². The summed E-state index contributed by atoms with van der Waals surface area (Å²) in [5.41, 5.74) is 0. The molecular weight excluding hydrogens is 362 g/mol. The third kappa shape index (κ3) is 8.22. The fraction of sp³-hybridized carbons (Fsp3) is 0.952. The summed E-state index contributed by atoms with van der Waals surface area (Å²) in [7, 11) is 7.69. The van der Waals surface area contributed by atoms with Gasteiger partial charge in [0.25, 0.3) is 0 Å². The molecule has 168 valence electrons. The van der Waals surface area contributed by atoms with Crippen LogP contribution in [0.15, 0.2) is 0 Å². The van der Waals surface area contributed by atoms with Gasteiger partial charge in [-0.15, -0.1) is 0 Å². The van der Waals surface area contributed by atoms with Crippen LogP contribution in [0.5, 0.6) is 0 Å². The van der Waals surface area contributed by atoms with Crippen LogP contribution >= 0.6 is 0 Å². The van der Waals surface area contributed by atoms with E-state index in [-0.39, 0.29) is 24.3 Å². The summed E-state index contributed by atoms with van der Waals surface area (Å²) in [6.45, 7) is 13.3. The van der Waals surface area contributed by atoms with Gasteiger partial charge >= 0.3 is 0 Å². The van der Waals surface area contributed by atoms with Gasteiger partial charge in [0.15, 0.2) is 0 Å². The third-order valence-electron chi connectivity index (χ3n) is 5.07. The number of hydrogen-bond donors (Lipinski definition) is 0. The maximum atomic E-state index is 6.28. The molecule has 1 rings (SSSR count). The van der Waals surface area contributed by atoms with Crippen molar-refractivity contribution >= 4 is 0 Å². The SMILES string of the molecule is [CH2-]N1[C@H](C(C)C)[C@H](OCCOCCOC)[C@@H](OCCOCCOC)[C@H]1C(C)C. The molecule has 1 aliphatic rings. The molecule has 0 amide bonds. The summed E-state index contributed by atoms with van der Waals surface area (Å²) in [5, 5.41) is 0. The van der Waals surface area contributed by atoms with Gasteiger partial charge < -0.3 is 33.3 Å². The minimum absolute atomic E-state index is 0.0464. The second kappa shape index (κ2) is 14.7. The molecule has 7 nitrogen and oxygen atoms in total. The highest BCUT2D eigenvalue weighted by Gasteiger charge is 2.47. The predicted molar refractivity (Wildman–Crippen MR) is 109 cm³/mol. The monoisotopic (exact) mass is 404 g/mol. The number of methoxy groups -OCH3 is 2. The van der Waals surface area contributed by atoms with Gasteiger partial charge in [0.1, 0.15) is 0 Å². The van der Waals surface area contributed by atoms with Gasteiger partial charge in [0, 0.05) is 26.3 Å². The van der Waals surface area contributed by atoms with E-state index < -0.39 is 0 Å². The summed E-state index contributed by atoms with van der Waals surface area (Å²) >= 11 is 0. The molecule has 0 bridgehead atoms. The highest BCUT2D eigenvalue weighted by Crippen LogP contribution is 2.36. The second-order valence-corrected chi connectivity index (χ2v) is 7.86. The highest BCUT2D eigenvalue weighted by molar-refractivity contribution is 5.04. The van der Waals surface area contributed by atoms with Gasteiger partial charge in [-0.25, -0.2) is 0 Å². The van der Waals surface area contributed by atoms with Crippen LogP contribution in [0.4, 0.5) is 0 Å². The Kier molecular flexibility index (Phi) is 13.5. The smallest absolute Gasteiger partial charge is 0.0985 e. The number of rotatable bonds is 16. The molecule has 1 heterocycles. The van der Waals surface area contributed by atoms with E-state index in [4.69, 9.17) is 28.4 Å². The molecule has 0 saturated carbocycles. The molecule has 0 aromatic carbocycles. The van der Waals surface area contributed by atoms with Gasteiger partial charge in [0.05, 0.1) is 65.1 Å². The van der Waals surface area contributed by atoms with Crippen LogP contribution in [0.2, 0.25) is 0 Å². The Morgan fingerprint density at radius 2 is 1.00 bits per heavy atom. The molecule has 0 aliphatic carbocycles. The largest absolute Gasteiger partial charge is 0.449 e. The summed E-state index contributed by atoms with van der Waals surface area (Å²) < 4.78 is 33.7. The van der Waals surface area contributed by atoms with E-state index in [1.165, 1.54) is 0 Å². The Labute approximate surface area is 171 Å². The maximum absolute atomic E-state index is 6.28. The van der Waals surface area contributed by atoms with E-state index in [1.807, 2.05) is 0 Å². The first-order valence-electron chi connectivity index (χ1n) is 10.4. The molecule has 1 aliphatic heterocycles. The van der Waals surface area contributed by atoms with E-state index in [2.05, 4.69) is 39.6 Å². The van der Waals surface area contributed by atoms with Gasteiger partial charge in [-0.2, -0.15) is 0 Å². The van der Waals surface area contributed by atoms with Crippen LogP contribution in [-0.2, 0) is 28.4 Å². The van der Waals surface area contributed by atoms with E-state index in [9.17, 15) is 0 Å². The Balaban J connectivity index is 2.66. The second-order valence-electron chi connectivity index (χ2n) is 7.86. The fourth-order valence-corrected chi connectivity index (χ4v) is 3.85. The number of likely N-dealkylation sites (tertiary alicyclic amines) is 1. The van der Waals surface area contributed by atoms with Crippen molar-refractivity contribution in [2.45, 2.75) is 52.0 Å². The van der Waals surface area contributed by atoms with E-state index >= 15 is 0 Å². The van der Waals surface area contributed by atoms with Crippen LogP contribution in [0.25, 0.3) is 0 Å². The third-order valence-corrected chi connectivity index (χ3v) is 5.07. The molecule has 0 unspecified atom stereocenters. The lowest BCUT2D eigenvalue weighted by molar-refractivity contribution is -0.0954. The van der Waals surface area contributed by atoms with Gasteiger partial charge in [0.2, 0.25) is 0 Å². The average molecular weight is 405 g/mol. The lowest BCUT2D eigenvalue weighted by atomic mass is 9.95. The van der Waals surface area contributed by atoms with Crippen LogP contribution in [-0.4, -0.2) is 96.3 Å². The van der Waals surface area contributed by atoms with Crippen molar-refractivity contribution in [3.05, 3.63) is 7.05 Å². The Bertz CT molecular complexity index is 348. The summed E-state index contributed by atoms with van der Waals surface area (Å²) in [6.07, 6.45) is -0.0928. The van der Waals surface area contributed by atoms with Gasteiger partial charge in [-0.05, 0) is 11.8 Å². The minimum Gasteiger partial charge on any atom is -0.449 e. The molecule has 0 radical (unpaired) electrons. The molecule has 0 N–H and O–H groups in total. The molecule has 0 aromatic heterocycles. The molecule has 1 saturated heterocycles. The first-order chi connectivity index (χ1) is 13.5. The fourth-order valence-electron chi connectivity index (χ4n) is 3.85. The van der Waals surface area contributed by atoms with Crippen molar-refractivity contribution in [3.8, 4) is 0 Å². The summed E-state index contributed by atoms with van der Waals surface area (Å²) in [4.78, 5) is 2.20. The van der Waals surface area contributed by atoms with Crippen LogP contribution in [0.1, 0.15) is 27.7 Å². The van der Waals surface area contributed by atoms with Crippen LogP contribution in [0, 0.1) is 18.9 Å². The normalized spacial score (nSPS) is 26.0. The Hall–Kier alpha value is -0.280. The Morgan fingerprint density at radius 3 is 1.32 bits per heavy atom. The summed E-state index contributed by atoms with van der Waals surface area (Å²) in [6, 6.07) is 0.400. The predicted octanol–water partition coefficient (Wildman–Crippen LogP) is 2.24. The van der Waals surface area contributed by atoms with Crippen molar-refractivity contribution in [2.75, 3.05) is 67.1 Å². The van der Waals surface area contributed by atoms with Gasteiger partial charge in [-0.1, -0.05) is 27.7 Å². The van der Waals surface area contributed by atoms with E-state index in [1.54, 1.807) is 14.2 Å². The first-order valence-corrected chi connectivity index (χ1v) is 10.4. The minimum atomic E-state index is -0.0464. The number of hydrogen-bond acceptors (Lipinski definition) is 7. The van der Waals surface area contributed by atoms with Crippen molar-refractivity contribution in [1.29, 1.82) is 0 Å². The average Bonchev–Trinajstić information content (AvgIpc) is 2.92. The molecule has 4 atom stereocenters. The molecule has 7 heteroatoms. The zero-order valence-electron chi connectivity index (χ0n) is 18.7. The molecule has 28 heavy (non-hydrogen) atoms. The quantitative estimate of drug-likeness (QED) is 0.289. The van der Waals surface area contributed by atoms with E-state index in [0.717, 1.165) is 0 Å². The molecule has 0 spiro atoms. The van der Waals surface area contributed by atoms with Crippen LogP contribution < -0.4 is 0 Å². The zero-order valence-corrected chi connectivity index (χ0v) is 18.7. The zero-order chi connectivity index (χ0) is 20.9.